The lowest BCUT2D eigenvalue weighted by Gasteiger charge is -2.38. The van der Waals surface area contributed by atoms with Gasteiger partial charge < -0.3 is 14.8 Å². The van der Waals surface area contributed by atoms with Gasteiger partial charge >= 0.3 is 0 Å². The fourth-order valence-electron chi connectivity index (χ4n) is 4.32. The van der Waals surface area contributed by atoms with E-state index in [2.05, 4.69) is 30.4 Å². The Bertz CT molecular complexity index is 815. The van der Waals surface area contributed by atoms with E-state index >= 15 is 0 Å². The van der Waals surface area contributed by atoms with E-state index in [-0.39, 0.29) is 11.3 Å². The minimum atomic E-state index is -0.148. The first-order valence-electron chi connectivity index (χ1n) is 9.74. The van der Waals surface area contributed by atoms with E-state index in [1.165, 1.54) is 28.0 Å². The number of carbonyl (C=O) groups is 1. The first-order valence-corrected chi connectivity index (χ1v) is 10.6. The summed E-state index contributed by atoms with van der Waals surface area (Å²) in [6.45, 7) is 4.12. The van der Waals surface area contributed by atoms with Gasteiger partial charge in [-0.15, -0.1) is 11.3 Å². The molecular formula is C22H27NO3S. The standard InChI is InChI=1S/C22H27NO3S/c1-15-6-7-18(25-2)17(12-15)22(8-10-26-11-9-22)14-23-21(24)20-13-16-4-3-5-19(16)27-20/h6-7,12-13H,3-5,8-11,14H2,1-2H3,(H,23,24). The van der Waals surface area contributed by atoms with Gasteiger partial charge in [0.2, 0.25) is 0 Å². The van der Waals surface area contributed by atoms with Crippen LogP contribution >= 0.6 is 11.3 Å². The van der Waals surface area contributed by atoms with Crippen LogP contribution in [-0.2, 0) is 23.0 Å². The van der Waals surface area contributed by atoms with Gasteiger partial charge in [-0.1, -0.05) is 17.7 Å². The lowest BCUT2D eigenvalue weighted by molar-refractivity contribution is 0.0479. The van der Waals surface area contributed by atoms with Gasteiger partial charge in [-0.3, -0.25) is 4.79 Å². The molecule has 144 valence electrons. The zero-order valence-electron chi connectivity index (χ0n) is 16.1. The Kier molecular flexibility index (Phi) is 5.24. The number of aryl methyl sites for hydroxylation is 3. The lowest BCUT2D eigenvalue weighted by atomic mass is 9.73. The third-order valence-electron chi connectivity index (χ3n) is 5.93. The molecule has 1 aromatic heterocycles. The smallest absolute Gasteiger partial charge is 0.261 e. The van der Waals surface area contributed by atoms with E-state index < -0.39 is 0 Å². The number of nitrogens with one attached hydrogen (secondary N) is 1. The molecule has 2 heterocycles. The van der Waals surface area contributed by atoms with Crippen LogP contribution in [0, 0.1) is 6.92 Å². The molecule has 27 heavy (non-hydrogen) atoms. The number of benzene rings is 1. The second-order valence-corrected chi connectivity index (χ2v) is 8.83. The topological polar surface area (TPSA) is 47.6 Å². The third-order valence-corrected chi connectivity index (χ3v) is 7.17. The van der Waals surface area contributed by atoms with Gasteiger partial charge in [-0.05, 0) is 56.7 Å². The maximum Gasteiger partial charge on any atom is 0.261 e. The Labute approximate surface area is 164 Å². The number of hydrogen-bond donors (Lipinski definition) is 1. The van der Waals surface area contributed by atoms with Crippen molar-refractivity contribution < 1.29 is 14.3 Å². The normalized spacial score (nSPS) is 18.1. The third kappa shape index (κ3) is 3.63. The number of ether oxygens (including phenoxy) is 2. The summed E-state index contributed by atoms with van der Waals surface area (Å²) in [5.41, 5.74) is 3.61. The van der Waals surface area contributed by atoms with Crippen molar-refractivity contribution >= 4 is 17.2 Å². The zero-order chi connectivity index (χ0) is 18.9. The minimum Gasteiger partial charge on any atom is -0.496 e. The molecule has 1 aliphatic heterocycles. The Balaban J connectivity index is 1.57. The highest BCUT2D eigenvalue weighted by Crippen LogP contribution is 2.40. The summed E-state index contributed by atoms with van der Waals surface area (Å²) >= 11 is 1.66. The highest BCUT2D eigenvalue weighted by molar-refractivity contribution is 7.14. The number of thiophene rings is 1. The molecule has 2 aromatic rings. The van der Waals surface area contributed by atoms with Crippen LogP contribution in [0.15, 0.2) is 24.3 Å². The molecule has 1 aromatic carbocycles. The molecule has 4 rings (SSSR count). The lowest BCUT2D eigenvalue weighted by Crippen LogP contribution is -2.44. The van der Waals surface area contributed by atoms with Crippen molar-refractivity contribution in [2.45, 2.75) is 44.4 Å². The van der Waals surface area contributed by atoms with Crippen molar-refractivity contribution in [1.82, 2.24) is 5.32 Å². The van der Waals surface area contributed by atoms with E-state index in [1.54, 1.807) is 18.4 Å². The molecule has 0 unspecified atom stereocenters. The predicted octanol–water partition coefficient (Wildman–Crippen LogP) is 4.03. The van der Waals surface area contributed by atoms with Crippen molar-refractivity contribution in [3.63, 3.8) is 0 Å². The molecule has 0 bridgehead atoms. The fourth-order valence-corrected chi connectivity index (χ4v) is 5.49. The summed E-state index contributed by atoms with van der Waals surface area (Å²) in [5.74, 6) is 0.943. The predicted molar refractivity (Wildman–Crippen MR) is 108 cm³/mol. The van der Waals surface area contributed by atoms with Gasteiger partial charge in [0.05, 0.1) is 12.0 Å². The van der Waals surface area contributed by atoms with Gasteiger partial charge in [-0.25, -0.2) is 0 Å². The van der Waals surface area contributed by atoms with E-state index in [4.69, 9.17) is 9.47 Å². The summed E-state index contributed by atoms with van der Waals surface area (Å²) in [4.78, 5) is 15.1. The van der Waals surface area contributed by atoms with Crippen molar-refractivity contribution in [1.29, 1.82) is 0 Å². The second-order valence-electron chi connectivity index (χ2n) is 7.69. The van der Waals surface area contributed by atoms with E-state index in [0.717, 1.165) is 36.3 Å². The quantitative estimate of drug-likeness (QED) is 0.845. The maximum absolute atomic E-state index is 12.8. The Morgan fingerprint density at radius 3 is 2.81 bits per heavy atom. The molecule has 4 nitrogen and oxygen atoms in total. The van der Waals surface area contributed by atoms with Crippen molar-refractivity contribution in [3.05, 3.63) is 50.7 Å². The summed E-state index contributed by atoms with van der Waals surface area (Å²) < 4.78 is 11.3. The van der Waals surface area contributed by atoms with Crippen molar-refractivity contribution in [2.75, 3.05) is 26.9 Å². The Hall–Kier alpha value is -1.85. The van der Waals surface area contributed by atoms with Crippen LogP contribution in [0.2, 0.25) is 0 Å². The second kappa shape index (κ2) is 7.64. The number of methoxy groups -OCH3 is 1. The molecule has 0 saturated carbocycles. The molecule has 2 aliphatic rings. The molecule has 1 aliphatic carbocycles. The average molecular weight is 386 g/mol. The zero-order valence-corrected chi connectivity index (χ0v) is 16.9. The van der Waals surface area contributed by atoms with E-state index in [0.29, 0.717) is 19.8 Å². The summed E-state index contributed by atoms with van der Waals surface area (Å²) in [6, 6.07) is 8.40. The summed E-state index contributed by atoms with van der Waals surface area (Å²) in [6.07, 6.45) is 5.22. The van der Waals surface area contributed by atoms with Crippen LogP contribution < -0.4 is 10.1 Å². The number of amides is 1. The summed E-state index contributed by atoms with van der Waals surface area (Å²) in [5, 5.41) is 3.23. The van der Waals surface area contributed by atoms with Crippen LogP contribution in [0.5, 0.6) is 5.75 Å². The highest BCUT2D eigenvalue weighted by atomic mass is 32.1. The maximum atomic E-state index is 12.8. The van der Waals surface area contributed by atoms with Gasteiger partial charge in [0.1, 0.15) is 5.75 Å². The molecular weight excluding hydrogens is 358 g/mol. The molecule has 0 radical (unpaired) electrons. The molecule has 1 N–H and O–H groups in total. The van der Waals surface area contributed by atoms with E-state index in [9.17, 15) is 4.79 Å². The van der Waals surface area contributed by atoms with Gasteiger partial charge in [0.15, 0.2) is 0 Å². The van der Waals surface area contributed by atoms with Crippen molar-refractivity contribution in [3.8, 4) is 5.75 Å². The first-order chi connectivity index (χ1) is 13.1. The number of carbonyl (C=O) groups excluding carboxylic acids is 1. The van der Waals surface area contributed by atoms with Gasteiger partial charge in [-0.2, -0.15) is 0 Å². The average Bonchev–Trinajstić information content (AvgIpc) is 3.29. The largest absolute Gasteiger partial charge is 0.496 e. The monoisotopic (exact) mass is 385 g/mol. The Morgan fingerprint density at radius 2 is 2.07 bits per heavy atom. The van der Waals surface area contributed by atoms with Crippen molar-refractivity contribution in [2.24, 2.45) is 0 Å². The van der Waals surface area contributed by atoms with Crippen LogP contribution in [0.1, 0.15) is 50.5 Å². The fraction of sp³-hybridized carbons (Fsp3) is 0.500. The van der Waals surface area contributed by atoms with Crippen LogP contribution in [-0.4, -0.2) is 32.8 Å². The molecule has 1 saturated heterocycles. The molecule has 1 fully saturated rings. The molecule has 1 amide bonds. The molecule has 0 spiro atoms. The van der Waals surface area contributed by atoms with Gasteiger partial charge in [0.25, 0.3) is 5.91 Å². The van der Waals surface area contributed by atoms with E-state index in [1.807, 2.05) is 6.07 Å². The first kappa shape index (κ1) is 18.5. The number of rotatable bonds is 5. The molecule has 5 heteroatoms. The SMILES string of the molecule is COc1ccc(C)cc1C1(CNC(=O)c2cc3c(s2)CCC3)CCOCC1. The summed E-state index contributed by atoms with van der Waals surface area (Å²) in [7, 11) is 1.72. The minimum absolute atomic E-state index is 0.0480. The van der Waals surface area contributed by atoms with Crippen LogP contribution in [0.25, 0.3) is 0 Å². The number of fused-ring (bicyclic) bond motifs is 1. The Morgan fingerprint density at radius 1 is 1.26 bits per heavy atom. The van der Waals surface area contributed by atoms with Gasteiger partial charge in [0, 0.05) is 35.6 Å². The number of hydrogen-bond acceptors (Lipinski definition) is 4. The molecule has 0 atom stereocenters. The highest BCUT2D eigenvalue weighted by Gasteiger charge is 2.37. The van der Waals surface area contributed by atoms with Crippen LogP contribution in [0.4, 0.5) is 0 Å². The van der Waals surface area contributed by atoms with Crippen LogP contribution in [0.3, 0.4) is 0 Å².